The largest absolute Gasteiger partial charge is 0.379 e. The summed E-state index contributed by atoms with van der Waals surface area (Å²) in [6, 6.07) is 4.94. The van der Waals surface area contributed by atoms with E-state index in [1.54, 1.807) is 0 Å². The van der Waals surface area contributed by atoms with E-state index in [-0.39, 0.29) is 29.4 Å². The Hall–Kier alpha value is -1.85. The van der Waals surface area contributed by atoms with Crippen molar-refractivity contribution in [2.45, 2.75) is 9.79 Å². The van der Waals surface area contributed by atoms with Crippen molar-refractivity contribution >= 4 is 20.0 Å². The fourth-order valence-corrected chi connectivity index (χ4v) is 4.69. The highest BCUT2D eigenvalue weighted by molar-refractivity contribution is 7.89. The Balaban J connectivity index is 2.07. The average molecular weight is 416 g/mol. The predicted octanol–water partition coefficient (Wildman–Crippen LogP) is 1.58. The lowest BCUT2D eigenvalue weighted by Crippen LogP contribution is -2.40. The van der Waals surface area contributed by atoms with E-state index in [0.29, 0.717) is 13.2 Å². The van der Waals surface area contributed by atoms with Crippen molar-refractivity contribution in [1.82, 2.24) is 9.03 Å². The van der Waals surface area contributed by atoms with Gasteiger partial charge in [0.15, 0.2) is 0 Å². The molecule has 0 atom stereocenters. The summed E-state index contributed by atoms with van der Waals surface area (Å²) in [4.78, 5) is -0.0705. The molecule has 0 unspecified atom stereocenters. The van der Waals surface area contributed by atoms with Gasteiger partial charge in [0.25, 0.3) is 0 Å². The number of halogens is 1. The summed E-state index contributed by atoms with van der Waals surface area (Å²) in [7, 11) is -7.54. The zero-order chi connectivity index (χ0) is 19.9. The molecule has 7 nitrogen and oxygen atoms in total. The summed E-state index contributed by atoms with van der Waals surface area (Å²) in [6.45, 7) is 4.40. The van der Waals surface area contributed by atoms with Gasteiger partial charge in [-0.05, 0) is 36.4 Å². The van der Waals surface area contributed by atoms with E-state index in [2.05, 4.69) is 11.3 Å². The molecule has 0 bridgehead atoms. The number of allylic oxidation sites excluding steroid dienone is 4. The molecule has 0 radical (unpaired) electrons. The van der Waals surface area contributed by atoms with E-state index < -0.39 is 25.9 Å². The number of nitrogens with one attached hydrogen (secondary N) is 1. The maximum absolute atomic E-state index is 13.1. The third kappa shape index (κ3) is 5.81. The van der Waals surface area contributed by atoms with E-state index in [4.69, 9.17) is 4.74 Å². The van der Waals surface area contributed by atoms with E-state index >= 15 is 0 Å². The van der Waals surface area contributed by atoms with Crippen LogP contribution in [0, 0.1) is 0 Å². The van der Waals surface area contributed by atoms with Crippen LogP contribution in [0.4, 0.5) is 4.39 Å². The second-order valence-corrected chi connectivity index (χ2v) is 9.23. The van der Waals surface area contributed by atoms with Crippen LogP contribution in [-0.4, -0.2) is 54.0 Å². The molecule has 1 saturated heterocycles. The summed E-state index contributed by atoms with van der Waals surface area (Å²) in [6.07, 6.45) is 4.83. The first-order chi connectivity index (χ1) is 12.8. The summed E-state index contributed by atoms with van der Waals surface area (Å²) >= 11 is 0. The number of sulfonamides is 2. The van der Waals surface area contributed by atoms with Gasteiger partial charge in [0.05, 0.1) is 23.0 Å². The Kier molecular flexibility index (Phi) is 7.45. The molecule has 1 N–H and O–H groups in total. The Labute approximate surface area is 158 Å². The maximum atomic E-state index is 13.1. The van der Waals surface area contributed by atoms with Crippen LogP contribution >= 0.6 is 0 Å². The van der Waals surface area contributed by atoms with Gasteiger partial charge in [0.2, 0.25) is 20.0 Å². The van der Waals surface area contributed by atoms with Crippen LogP contribution in [0.3, 0.4) is 0 Å². The monoisotopic (exact) mass is 416 g/mol. The van der Waals surface area contributed by atoms with Gasteiger partial charge in [0, 0.05) is 19.6 Å². The highest BCUT2D eigenvalue weighted by atomic mass is 32.2. The lowest BCUT2D eigenvalue weighted by atomic mass is 10.4. The fraction of sp³-hybridized carbons (Fsp3) is 0.294. The third-order valence-electron chi connectivity index (χ3n) is 3.69. The second kappa shape index (κ2) is 9.38. The van der Waals surface area contributed by atoms with Gasteiger partial charge >= 0.3 is 0 Å². The van der Waals surface area contributed by atoms with Crippen molar-refractivity contribution in [1.29, 1.82) is 0 Å². The van der Waals surface area contributed by atoms with E-state index in [1.807, 2.05) is 0 Å². The smallest absolute Gasteiger partial charge is 0.243 e. The molecule has 10 heteroatoms. The summed E-state index contributed by atoms with van der Waals surface area (Å²) < 4.78 is 71.3. The number of hydrogen-bond acceptors (Lipinski definition) is 5. The lowest BCUT2D eigenvalue weighted by Gasteiger charge is -2.26. The van der Waals surface area contributed by atoms with Gasteiger partial charge in [-0.25, -0.2) is 25.9 Å². The molecule has 1 fully saturated rings. The second-order valence-electron chi connectivity index (χ2n) is 5.53. The minimum Gasteiger partial charge on any atom is -0.379 e. The highest BCUT2D eigenvalue weighted by Crippen LogP contribution is 2.19. The van der Waals surface area contributed by atoms with Crippen LogP contribution in [-0.2, 0) is 24.8 Å². The molecule has 2 rings (SSSR count). The van der Waals surface area contributed by atoms with Crippen molar-refractivity contribution < 1.29 is 26.0 Å². The molecular formula is C17H21FN2O5S2. The Morgan fingerprint density at radius 2 is 1.74 bits per heavy atom. The zero-order valence-electron chi connectivity index (χ0n) is 14.5. The lowest BCUT2D eigenvalue weighted by molar-refractivity contribution is 0.0730. The first kappa shape index (κ1) is 21.5. The molecule has 27 heavy (non-hydrogen) atoms. The van der Waals surface area contributed by atoms with Crippen LogP contribution in [0.2, 0.25) is 0 Å². The zero-order valence-corrected chi connectivity index (χ0v) is 16.2. The third-order valence-corrected chi connectivity index (χ3v) is 7.04. The Morgan fingerprint density at radius 1 is 1.15 bits per heavy atom. The van der Waals surface area contributed by atoms with Crippen molar-refractivity contribution in [3.63, 3.8) is 0 Å². The van der Waals surface area contributed by atoms with E-state index in [1.165, 1.54) is 40.7 Å². The first-order valence-corrected chi connectivity index (χ1v) is 11.0. The Bertz CT molecular complexity index is 917. The highest BCUT2D eigenvalue weighted by Gasteiger charge is 2.26. The number of ether oxygens (including phenoxy) is 1. The number of benzene rings is 1. The molecule has 0 spiro atoms. The van der Waals surface area contributed by atoms with Gasteiger partial charge < -0.3 is 4.74 Å². The molecule has 0 aromatic heterocycles. The Morgan fingerprint density at radius 3 is 2.33 bits per heavy atom. The van der Waals surface area contributed by atoms with Gasteiger partial charge in [-0.15, -0.1) is 0 Å². The van der Waals surface area contributed by atoms with Crippen molar-refractivity contribution in [2.75, 3.05) is 32.8 Å². The van der Waals surface area contributed by atoms with E-state index in [9.17, 15) is 21.2 Å². The molecule has 0 amide bonds. The quantitative estimate of drug-likeness (QED) is 0.650. The summed E-state index contributed by atoms with van der Waals surface area (Å²) in [5.41, 5.74) is 0. The average Bonchev–Trinajstić information content (AvgIpc) is 2.66. The topological polar surface area (TPSA) is 92.8 Å². The van der Waals surface area contributed by atoms with Crippen LogP contribution < -0.4 is 4.72 Å². The maximum Gasteiger partial charge on any atom is 0.243 e. The standard InChI is InChI=1S/C17H21FN2O5S2/c1-2-4-15(18)5-3-10-19-26(21,22)16-6-8-17(9-7-16)27(23,24)20-11-13-25-14-12-20/h2-9,19H,1,10-14H2/b5-3-,15-4+. The van der Waals surface area contributed by atoms with Crippen LogP contribution in [0.5, 0.6) is 0 Å². The molecular weight excluding hydrogens is 395 g/mol. The molecule has 1 aliphatic heterocycles. The minimum absolute atomic E-state index is 0.0138. The molecule has 148 valence electrons. The van der Waals surface area contributed by atoms with Gasteiger partial charge in [0.1, 0.15) is 5.83 Å². The molecule has 1 heterocycles. The molecule has 0 saturated carbocycles. The fourth-order valence-electron chi connectivity index (χ4n) is 2.31. The van der Waals surface area contributed by atoms with Crippen molar-refractivity contribution in [3.05, 3.63) is 61.0 Å². The number of hydrogen-bond donors (Lipinski definition) is 1. The van der Waals surface area contributed by atoms with Crippen LogP contribution in [0.1, 0.15) is 0 Å². The predicted molar refractivity (Wildman–Crippen MR) is 99.7 cm³/mol. The normalized spacial score (nSPS) is 17.3. The molecule has 1 aromatic carbocycles. The van der Waals surface area contributed by atoms with Crippen LogP contribution in [0.25, 0.3) is 0 Å². The molecule has 1 aromatic rings. The van der Waals surface area contributed by atoms with Gasteiger partial charge in [-0.1, -0.05) is 18.7 Å². The summed E-state index contributed by atoms with van der Waals surface area (Å²) in [5.74, 6) is -0.554. The van der Waals surface area contributed by atoms with Crippen LogP contribution in [0.15, 0.2) is 70.8 Å². The minimum atomic E-state index is -3.85. The first-order valence-electron chi connectivity index (χ1n) is 8.10. The van der Waals surface area contributed by atoms with Gasteiger partial charge in [-0.2, -0.15) is 4.31 Å². The van der Waals surface area contributed by atoms with E-state index in [0.717, 1.165) is 12.2 Å². The number of nitrogens with zero attached hydrogens (tertiary/aromatic N) is 1. The van der Waals surface area contributed by atoms with Crippen molar-refractivity contribution in [2.24, 2.45) is 0 Å². The number of rotatable bonds is 8. The van der Waals surface area contributed by atoms with Gasteiger partial charge in [-0.3, -0.25) is 0 Å². The van der Waals surface area contributed by atoms with Crippen molar-refractivity contribution in [3.8, 4) is 0 Å². The number of morpholine rings is 1. The summed E-state index contributed by atoms with van der Waals surface area (Å²) in [5, 5.41) is 0. The SMILES string of the molecule is C=C/C=C(F)\C=C/CNS(=O)(=O)c1ccc(S(=O)(=O)N2CCOCC2)cc1. The molecule has 0 aliphatic carbocycles. The molecule has 1 aliphatic rings.